The van der Waals surface area contributed by atoms with Gasteiger partial charge >= 0.3 is 0 Å². The average molecular weight is 263 g/mol. The van der Waals surface area contributed by atoms with Crippen molar-refractivity contribution in [3.05, 3.63) is 35.4 Å². The summed E-state index contributed by atoms with van der Waals surface area (Å²) >= 11 is 0. The van der Waals surface area contributed by atoms with Crippen molar-refractivity contribution in [1.29, 1.82) is 0 Å². The SMILES string of the molecule is CN1C(=O)c2[c-]cccc2C1=O.[Rh]. The summed E-state index contributed by atoms with van der Waals surface area (Å²) in [5.41, 5.74) is 0.829. The maximum absolute atomic E-state index is 11.3. The second-order valence-electron chi connectivity index (χ2n) is 2.63. The van der Waals surface area contributed by atoms with Crippen molar-refractivity contribution >= 4 is 11.8 Å². The topological polar surface area (TPSA) is 37.4 Å². The van der Waals surface area contributed by atoms with Crippen molar-refractivity contribution < 1.29 is 29.1 Å². The van der Waals surface area contributed by atoms with E-state index in [0.717, 1.165) is 4.90 Å². The number of benzene rings is 1. The number of amides is 2. The third-order valence-electron chi connectivity index (χ3n) is 1.91. The summed E-state index contributed by atoms with van der Waals surface area (Å²) in [6, 6.07) is 7.71. The Kier molecular flexibility index (Phi) is 2.62. The fourth-order valence-corrected chi connectivity index (χ4v) is 1.23. The summed E-state index contributed by atoms with van der Waals surface area (Å²) in [7, 11) is 1.47. The molecule has 0 aliphatic carbocycles. The van der Waals surface area contributed by atoms with E-state index in [-0.39, 0.29) is 31.3 Å². The van der Waals surface area contributed by atoms with Crippen LogP contribution in [0.3, 0.4) is 0 Å². The van der Waals surface area contributed by atoms with Gasteiger partial charge in [-0.15, -0.1) is 24.3 Å². The van der Waals surface area contributed by atoms with Crippen LogP contribution in [-0.2, 0) is 19.5 Å². The third kappa shape index (κ3) is 1.31. The van der Waals surface area contributed by atoms with Crippen molar-refractivity contribution in [2.24, 2.45) is 0 Å². The van der Waals surface area contributed by atoms with E-state index in [1.807, 2.05) is 0 Å². The van der Waals surface area contributed by atoms with E-state index in [4.69, 9.17) is 0 Å². The van der Waals surface area contributed by atoms with E-state index in [0.29, 0.717) is 11.1 Å². The average Bonchev–Trinajstić information content (AvgIpc) is 2.33. The summed E-state index contributed by atoms with van der Waals surface area (Å²) in [6.07, 6.45) is 0. The maximum Gasteiger partial charge on any atom is 0.210 e. The van der Waals surface area contributed by atoms with Crippen molar-refractivity contribution in [2.75, 3.05) is 7.05 Å². The molecule has 1 aliphatic heterocycles. The van der Waals surface area contributed by atoms with E-state index in [2.05, 4.69) is 6.07 Å². The summed E-state index contributed by atoms with van der Waals surface area (Å²) in [4.78, 5) is 23.7. The van der Waals surface area contributed by atoms with E-state index < -0.39 is 0 Å². The molecule has 1 heterocycles. The number of rotatable bonds is 0. The van der Waals surface area contributed by atoms with Crippen molar-refractivity contribution in [1.82, 2.24) is 4.90 Å². The third-order valence-corrected chi connectivity index (χ3v) is 1.91. The Morgan fingerprint density at radius 1 is 1.31 bits per heavy atom. The predicted octanol–water partition coefficient (Wildman–Crippen LogP) is 0.710. The molecule has 2 amide bonds. The summed E-state index contributed by atoms with van der Waals surface area (Å²) in [5.74, 6) is -0.512. The molecule has 0 aromatic heterocycles. The fraction of sp³-hybridized carbons (Fsp3) is 0.111. The molecular formula is C9H6NO2Rh-. The molecule has 0 unspecified atom stereocenters. The zero-order valence-corrected chi connectivity index (χ0v) is 8.47. The van der Waals surface area contributed by atoms with Crippen LogP contribution in [-0.4, -0.2) is 23.8 Å². The summed E-state index contributed by atoms with van der Waals surface area (Å²) < 4.78 is 0. The van der Waals surface area contributed by atoms with Gasteiger partial charge in [-0.05, 0) is 5.56 Å². The molecule has 1 radical (unpaired) electrons. The molecule has 0 saturated carbocycles. The molecule has 0 N–H and O–H groups in total. The minimum Gasteiger partial charge on any atom is -0.327 e. The number of hydrogen-bond acceptors (Lipinski definition) is 2. The number of carbonyl (C=O) groups is 2. The first-order valence-electron chi connectivity index (χ1n) is 3.55. The molecule has 3 nitrogen and oxygen atoms in total. The van der Waals surface area contributed by atoms with Crippen LogP contribution in [0.25, 0.3) is 0 Å². The normalized spacial score (nSPS) is 14.1. The Hall–Kier alpha value is -1.02. The van der Waals surface area contributed by atoms with Gasteiger partial charge in [0.1, 0.15) is 0 Å². The first kappa shape index (κ1) is 10.1. The molecule has 0 spiro atoms. The molecule has 1 aromatic rings. The van der Waals surface area contributed by atoms with Crippen LogP contribution in [0.5, 0.6) is 0 Å². The van der Waals surface area contributed by atoms with Gasteiger partial charge < -0.3 is 9.69 Å². The number of fused-ring (bicyclic) bond motifs is 1. The molecule has 0 bridgehead atoms. The molecule has 4 heteroatoms. The van der Waals surface area contributed by atoms with Crippen LogP contribution < -0.4 is 0 Å². The molecular weight excluding hydrogens is 257 g/mol. The fourth-order valence-electron chi connectivity index (χ4n) is 1.23. The summed E-state index contributed by atoms with van der Waals surface area (Å²) in [6.45, 7) is 0. The van der Waals surface area contributed by atoms with E-state index in [9.17, 15) is 9.59 Å². The van der Waals surface area contributed by atoms with Crippen LogP contribution in [0.15, 0.2) is 18.2 Å². The molecule has 0 atom stereocenters. The molecule has 2 rings (SSSR count). The van der Waals surface area contributed by atoms with Gasteiger partial charge in [0.05, 0.1) is 0 Å². The number of carbonyl (C=O) groups excluding carboxylic acids is 2. The van der Waals surface area contributed by atoms with Gasteiger partial charge in [-0.3, -0.25) is 4.79 Å². The molecule has 13 heavy (non-hydrogen) atoms. The van der Waals surface area contributed by atoms with Crippen LogP contribution in [0.1, 0.15) is 20.7 Å². The van der Waals surface area contributed by atoms with Gasteiger partial charge in [-0.25, -0.2) is 0 Å². The number of imide groups is 1. The molecule has 1 aliphatic rings. The van der Waals surface area contributed by atoms with E-state index in [1.54, 1.807) is 18.2 Å². The van der Waals surface area contributed by atoms with Gasteiger partial charge in [0.2, 0.25) is 5.91 Å². The largest absolute Gasteiger partial charge is 0.327 e. The monoisotopic (exact) mass is 263 g/mol. The van der Waals surface area contributed by atoms with Gasteiger partial charge in [0, 0.05) is 26.5 Å². The quantitative estimate of drug-likeness (QED) is 0.393. The number of hydrogen-bond donors (Lipinski definition) is 0. The maximum atomic E-state index is 11.3. The van der Waals surface area contributed by atoms with Gasteiger partial charge in [-0.2, -0.15) is 0 Å². The molecule has 1 aromatic carbocycles. The van der Waals surface area contributed by atoms with Gasteiger partial charge in [-0.1, -0.05) is 5.56 Å². The minimum atomic E-state index is -0.268. The first-order chi connectivity index (χ1) is 5.72. The first-order valence-corrected chi connectivity index (χ1v) is 3.55. The van der Waals surface area contributed by atoms with Crippen LogP contribution in [0.2, 0.25) is 0 Å². The molecule has 69 valence electrons. The number of nitrogens with zero attached hydrogens (tertiary/aromatic N) is 1. The van der Waals surface area contributed by atoms with E-state index in [1.165, 1.54) is 7.05 Å². The van der Waals surface area contributed by atoms with Crippen molar-refractivity contribution in [3.63, 3.8) is 0 Å². The zero-order valence-electron chi connectivity index (χ0n) is 6.83. The second kappa shape index (κ2) is 3.38. The smallest absolute Gasteiger partial charge is 0.210 e. The van der Waals surface area contributed by atoms with E-state index >= 15 is 0 Å². The Balaban J connectivity index is 0.000000845. The zero-order chi connectivity index (χ0) is 8.72. The van der Waals surface area contributed by atoms with Crippen LogP contribution >= 0.6 is 0 Å². The Labute approximate surface area is 88.5 Å². The van der Waals surface area contributed by atoms with Crippen LogP contribution in [0, 0.1) is 6.07 Å². The Morgan fingerprint density at radius 2 is 2.00 bits per heavy atom. The molecule has 0 saturated heterocycles. The molecule has 0 fully saturated rings. The second-order valence-corrected chi connectivity index (χ2v) is 2.63. The Morgan fingerprint density at radius 3 is 2.62 bits per heavy atom. The predicted molar refractivity (Wildman–Crippen MR) is 41.7 cm³/mol. The van der Waals surface area contributed by atoms with Crippen molar-refractivity contribution in [3.8, 4) is 0 Å². The Bertz CT molecular complexity index is 341. The van der Waals surface area contributed by atoms with Crippen molar-refractivity contribution in [2.45, 2.75) is 0 Å². The van der Waals surface area contributed by atoms with Gasteiger partial charge in [0.15, 0.2) is 5.91 Å². The van der Waals surface area contributed by atoms with Crippen LogP contribution in [0.4, 0.5) is 0 Å². The minimum absolute atomic E-state index is 0. The summed E-state index contributed by atoms with van der Waals surface area (Å²) in [5, 5.41) is 0. The standard InChI is InChI=1S/C9H6NO2.Rh/c1-10-8(11)6-4-2-3-5-7(6)9(10)12;/h2-4H,1H3;/q-1;. The van der Waals surface area contributed by atoms with Gasteiger partial charge in [0.25, 0.3) is 0 Å².